The van der Waals surface area contributed by atoms with Gasteiger partial charge in [-0.2, -0.15) is 0 Å². The third-order valence-electron chi connectivity index (χ3n) is 2.34. The molecule has 5 nitrogen and oxygen atoms in total. The molecular weight excluding hydrogens is 242 g/mol. The summed E-state index contributed by atoms with van der Waals surface area (Å²) in [4.78, 5) is 22.5. The van der Waals surface area contributed by atoms with Crippen LogP contribution in [0.5, 0.6) is 5.75 Å². The van der Waals surface area contributed by atoms with Crippen molar-refractivity contribution in [3.05, 3.63) is 29.3 Å². The average molecular weight is 253 g/mol. The highest BCUT2D eigenvalue weighted by atomic mass is 32.2. The van der Waals surface area contributed by atoms with Gasteiger partial charge in [0, 0.05) is 0 Å². The van der Waals surface area contributed by atoms with Crippen molar-refractivity contribution in [1.82, 2.24) is 5.32 Å². The lowest BCUT2D eigenvalue weighted by Gasteiger charge is -2.11. The first kappa shape index (κ1) is 11.8. The highest BCUT2D eigenvalue weighted by molar-refractivity contribution is 8.00. The summed E-state index contributed by atoms with van der Waals surface area (Å²) in [5.74, 6) is -0.211. The molecule has 1 amide bonds. The Hall–Kier alpha value is -1.69. The number of methoxy groups -OCH3 is 1. The molecule has 1 fully saturated rings. The number of phenols is 1. The zero-order chi connectivity index (χ0) is 12.4. The molecule has 1 saturated heterocycles. The van der Waals surface area contributed by atoms with Gasteiger partial charge in [0.05, 0.1) is 18.4 Å². The number of benzene rings is 1. The third kappa shape index (κ3) is 2.52. The van der Waals surface area contributed by atoms with Crippen molar-refractivity contribution in [3.8, 4) is 5.75 Å². The van der Waals surface area contributed by atoms with Gasteiger partial charge in [-0.1, -0.05) is 0 Å². The molecule has 1 aliphatic heterocycles. The third-order valence-corrected chi connectivity index (χ3v) is 3.49. The van der Waals surface area contributed by atoms with Gasteiger partial charge in [0.15, 0.2) is 0 Å². The number of thioether (sulfide) groups is 1. The van der Waals surface area contributed by atoms with E-state index in [-0.39, 0.29) is 22.6 Å². The molecular formula is C11H11NO4S. The summed E-state index contributed by atoms with van der Waals surface area (Å²) in [7, 11) is 1.28. The van der Waals surface area contributed by atoms with E-state index in [9.17, 15) is 14.7 Å². The Labute approximate surface area is 102 Å². The maximum atomic E-state index is 11.4. The minimum Gasteiger partial charge on any atom is -0.508 e. The van der Waals surface area contributed by atoms with Gasteiger partial charge in [-0.3, -0.25) is 4.79 Å². The van der Waals surface area contributed by atoms with Gasteiger partial charge >= 0.3 is 5.97 Å². The second-order valence-electron chi connectivity index (χ2n) is 3.56. The van der Waals surface area contributed by atoms with Gasteiger partial charge in [-0.25, -0.2) is 4.79 Å². The standard InChI is InChI=1S/C11H11NO4S/c1-16-11(15)7-2-6(3-8(13)4-7)10-12-9(14)5-17-10/h2-4,10,13H,5H2,1H3,(H,12,14). The van der Waals surface area contributed by atoms with Gasteiger partial charge in [-0.15, -0.1) is 11.8 Å². The molecule has 1 aliphatic rings. The van der Waals surface area contributed by atoms with E-state index in [1.165, 1.54) is 31.0 Å². The monoisotopic (exact) mass is 253 g/mol. The van der Waals surface area contributed by atoms with Crippen LogP contribution >= 0.6 is 11.8 Å². The summed E-state index contributed by atoms with van der Waals surface area (Å²) in [5, 5.41) is 12.1. The summed E-state index contributed by atoms with van der Waals surface area (Å²) < 4.78 is 4.59. The van der Waals surface area contributed by atoms with E-state index in [4.69, 9.17) is 0 Å². The Morgan fingerprint density at radius 1 is 1.53 bits per heavy atom. The number of rotatable bonds is 2. The number of hydrogen-bond acceptors (Lipinski definition) is 5. The van der Waals surface area contributed by atoms with Crippen molar-refractivity contribution in [2.75, 3.05) is 12.9 Å². The molecule has 1 unspecified atom stereocenters. The number of hydrogen-bond donors (Lipinski definition) is 2. The number of aromatic hydroxyl groups is 1. The minimum atomic E-state index is -0.517. The van der Waals surface area contributed by atoms with Crippen LogP contribution in [0.2, 0.25) is 0 Å². The molecule has 0 aliphatic carbocycles. The van der Waals surface area contributed by atoms with Crippen LogP contribution in [0.15, 0.2) is 18.2 Å². The number of ether oxygens (including phenoxy) is 1. The first-order valence-electron chi connectivity index (χ1n) is 4.93. The SMILES string of the molecule is COC(=O)c1cc(O)cc(C2NC(=O)CS2)c1. The number of amides is 1. The first-order valence-corrected chi connectivity index (χ1v) is 5.98. The fourth-order valence-electron chi connectivity index (χ4n) is 1.59. The van der Waals surface area contributed by atoms with Crippen LogP contribution in [0.25, 0.3) is 0 Å². The summed E-state index contributed by atoms with van der Waals surface area (Å²) in [6.45, 7) is 0. The van der Waals surface area contributed by atoms with Crippen LogP contribution in [0.4, 0.5) is 0 Å². The molecule has 2 N–H and O–H groups in total. The minimum absolute atomic E-state index is 0.0235. The zero-order valence-corrected chi connectivity index (χ0v) is 9.91. The maximum Gasteiger partial charge on any atom is 0.337 e. The van der Waals surface area contributed by atoms with Crippen molar-refractivity contribution in [2.45, 2.75) is 5.37 Å². The van der Waals surface area contributed by atoms with Crippen molar-refractivity contribution in [2.24, 2.45) is 0 Å². The lowest BCUT2D eigenvalue weighted by Crippen LogP contribution is -2.19. The van der Waals surface area contributed by atoms with Crippen molar-refractivity contribution >= 4 is 23.6 Å². The predicted octanol–water partition coefficient (Wildman–Crippen LogP) is 1.04. The fraction of sp³-hybridized carbons (Fsp3) is 0.273. The molecule has 6 heteroatoms. The average Bonchev–Trinajstić information content (AvgIpc) is 2.74. The molecule has 1 atom stereocenters. The normalized spacial score (nSPS) is 18.9. The molecule has 0 bridgehead atoms. The van der Waals surface area contributed by atoms with Crippen LogP contribution in [-0.4, -0.2) is 29.8 Å². The number of esters is 1. The summed E-state index contributed by atoms with van der Waals surface area (Å²) in [6, 6.07) is 4.46. The number of carbonyl (C=O) groups is 2. The van der Waals surface area contributed by atoms with Crippen molar-refractivity contribution in [3.63, 3.8) is 0 Å². The second kappa shape index (κ2) is 4.67. The molecule has 0 radical (unpaired) electrons. The van der Waals surface area contributed by atoms with Gasteiger partial charge in [0.1, 0.15) is 11.1 Å². The topological polar surface area (TPSA) is 75.6 Å². The molecule has 0 aromatic heterocycles. The predicted molar refractivity (Wildman–Crippen MR) is 62.8 cm³/mol. The first-order chi connectivity index (χ1) is 8.10. The zero-order valence-electron chi connectivity index (χ0n) is 9.10. The lowest BCUT2D eigenvalue weighted by molar-refractivity contribution is -0.118. The van der Waals surface area contributed by atoms with Crippen LogP contribution in [0.3, 0.4) is 0 Å². The molecule has 2 rings (SSSR count). The Morgan fingerprint density at radius 3 is 2.88 bits per heavy atom. The van der Waals surface area contributed by atoms with Crippen molar-refractivity contribution < 1.29 is 19.4 Å². The Bertz CT molecular complexity index is 475. The molecule has 0 saturated carbocycles. The van der Waals surface area contributed by atoms with Gasteiger partial charge < -0.3 is 15.2 Å². The fourth-order valence-corrected chi connectivity index (χ4v) is 2.53. The highest BCUT2D eigenvalue weighted by Gasteiger charge is 2.24. The number of nitrogens with one attached hydrogen (secondary N) is 1. The van der Waals surface area contributed by atoms with E-state index in [2.05, 4.69) is 10.1 Å². The van der Waals surface area contributed by atoms with Gasteiger partial charge in [-0.05, 0) is 23.8 Å². The van der Waals surface area contributed by atoms with Crippen LogP contribution in [0.1, 0.15) is 21.3 Å². The van der Waals surface area contributed by atoms with Gasteiger partial charge in [0.2, 0.25) is 5.91 Å². The number of carbonyl (C=O) groups excluding carboxylic acids is 2. The number of phenolic OH excluding ortho intramolecular Hbond substituents is 1. The van der Waals surface area contributed by atoms with Crippen LogP contribution in [0, 0.1) is 0 Å². The van der Waals surface area contributed by atoms with E-state index in [1.807, 2.05) is 0 Å². The van der Waals surface area contributed by atoms with Crippen LogP contribution in [-0.2, 0) is 9.53 Å². The van der Waals surface area contributed by atoms with E-state index in [0.717, 1.165) is 0 Å². The molecule has 17 heavy (non-hydrogen) atoms. The molecule has 1 heterocycles. The van der Waals surface area contributed by atoms with Gasteiger partial charge in [0.25, 0.3) is 0 Å². The summed E-state index contributed by atoms with van der Waals surface area (Å²) in [6.07, 6.45) is 0. The summed E-state index contributed by atoms with van der Waals surface area (Å²) >= 11 is 1.42. The van der Waals surface area contributed by atoms with E-state index < -0.39 is 5.97 Å². The van der Waals surface area contributed by atoms with E-state index in [1.54, 1.807) is 6.07 Å². The summed E-state index contributed by atoms with van der Waals surface area (Å²) in [5.41, 5.74) is 0.950. The Morgan fingerprint density at radius 2 is 2.29 bits per heavy atom. The Balaban J connectivity index is 2.31. The Kier molecular flexibility index (Phi) is 3.23. The quantitative estimate of drug-likeness (QED) is 0.770. The lowest BCUT2D eigenvalue weighted by atomic mass is 10.1. The largest absolute Gasteiger partial charge is 0.508 e. The molecule has 90 valence electrons. The maximum absolute atomic E-state index is 11.4. The second-order valence-corrected chi connectivity index (χ2v) is 4.66. The van der Waals surface area contributed by atoms with Crippen molar-refractivity contribution in [1.29, 1.82) is 0 Å². The smallest absolute Gasteiger partial charge is 0.337 e. The van der Waals surface area contributed by atoms with Crippen LogP contribution < -0.4 is 5.32 Å². The molecule has 0 spiro atoms. The highest BCUT2D eigenvalue weighted by Crippen LogP contribution is 2.32. The molecule has 1 aromatic carbocycles. The van der Waals surface area contributed by atoms with E-state index in [0.29, 0.717) is 11.3 Å². The van der Waals surface area contributed by atoms with E-state index >= 15 is 0 Å². The molecule has 1 aromatic rings.